The van der Waals surface area contributed by atoms with E-state index >= 15 is 0 Å². The van der Waals surface area contributed by atoms with Gasteiger partial charge in [-0.3, -0.25) is 0 Å². The van der Waals surface area contributed by atoms with Gasteiger partial charge in [0.25, 0.3) is 0 Å². The minimum Gasteiger partial charge on any atom is -0.371 e. The van der Waals surface area contributed by atoms with Gasteiger partial charge in [0.2, 0.25) is 0 Å². The van der Waals surface area contributed by atoms with Crippen molar-refractivity contribution in [2.75, 3.05) is 0 Å². The summed E-state index contributed by atoms with van der Waals surface area (Å²) in [6, 6.07) is 0.542. The number of allylic oxidation sites excluding steroid dienone is 2. The maximum absolute atomic E-state index is 12.9. The van der Waals surface area contributed by atoms with Crippen molar-refractivity contribution in [3.8, 4) is 0 Å². The van der Waals surface area contributed by atoms with Gasteiger partial charge in [0.05, 0.1) is 0 Å². The first-order chi connectivity index (χ1) is 21.1. The third-order valence-corrected chi connectivity index (χ3v) is 12.8. The van der Waals surface area contributed by atoms with Gasteiger partial charge in [-0.05, 0) is 107 Å². The Morgan fingerprint density at radius 3 is 1.95 bits per heavy atom. The summed E-state index contributed by atoms with van der Waals surface area (Å²) in [5, 5.41) is 12.9. The average Bonchev–Trinajstić information content (AvgIpc) is 3.05. The van der Waals surface area contributed by atoms with E-state index in [1.54, 1.807) is 11.3 Å². The maximum atomic E-state index is 12.9. The molecule has 6 atom stereocenters. The van der Waals surface area contributed by atoms with Crippen molar-refractivity contribution in [1.82, 2.24) is 4.90 Å². The predicted molar refractivity (Wildman–Crippen MR) is 187 cm³/mol. The van der Waals surface area contributed by atoms with Gasteiger partial charge in [-0.2, -0.15) is 0 Å². The Kier molecular flexibility index (Phi) is 15.8. The number of unbranched alkanes of at least 4 members (excludes halogenated alkanes) is 1. The van der Waals surface area contributed by atoms with Crippen molar-refractivity contribution < 1.29 is 5.11 Å². The molecule has 0 amide bonds. The van der Waals surface area contributed by atoms with Gasteiger partial charge in [0, 0.05) is 11.7 Å². The molecule has 43 heavy (non-hydrogen) atoms. The zero-order chi connectivity index (χ0) is 30.3. The van der Waals surface area contributed by atoms with E-state index in [0.717, 1.165) is 42.9 Å². The molecule has 2 fully saturated rings. The van der Waals surface area contributed by atoms with Crippen LogP contribution in [-0.2, 0) is 0 Å². The summed E-state index contributed by atoms with van der Waals surface area (Å²) in [7, 11) is 0. The third kappa shape index (κ3) is 10.8. The van der Waals surface area contributed by atoms with Crippen LogP contribution in [0.2, 0.25) is 0 Å². The van der Waals surface area contributed by atoms with Gasteiger partial charge in [-0.25, -0.2) is 0 Å². The SMILES string of the molecule is CCCCC(O)(CC)N1/C2=C(\CCCC3CCCCCCCC31)CC(CCC)CCC1CCCCCCCCC(CC2)C1. The van der Waals surface area contributed by atoms with Crippen LogP contribution < -0.4 is 0 Å². The number of hydrogen-bond donors (Lipinski definition) is 1. The zero-order valence-electron chi connectivity index (χ0n) is 29.5. The Labute approximate surface area is 269 Å². The van der Waals surface area contributed by atoms with Crippen molar-refractivity contribution in [3.63, 3.8) is 0 Å². The molecule has 4 aliphatic rings. The first-order valence-electron chi connectivity index (χ1n) is 20.3. The first kappa shape index (κ1) is 35.4. The van der Waals surface area contributed by atoms with Crippen LogP contribution in [0.4, 0.5) is 0 Å². The summed E-state index contributed by atoms with van der Waals surface area (Å²) in [6.45, 7) is 7.05. The van der Waals surface area contributed by atoms with Crippen molar-refractivity contribution >= 4 is 0 Å². The zero-order valence-corrected chi connectivity index (χ0v) is 29.5. The monoisotopic (exact) mass is 598 g/mol. The van der Waals surface area contributed by atoms with Crippen LogP contribution in [0, 0.1) is 23.7 Å². The molecular weight excluding hydrogens is 522 g/mol. The Bertz CT molecular complexity index is 789. The topological polar surface area (TPSA) is 23.5 Å². The molecule has 0 spiro atoms. The lowest BCUT2D eigenvalue weighted by atomic mass is 9.78. The number of nitrogens with zero attached hydrogens (tertiary/aromatic N) is 1. The molecule has 2 nitrogen and oxygen atoms in total. The second-order valence-electron chi connectivity index (χ2n) is 16.1. The van der Waals surface area contributed by atoms with Crippen LogP contribution in [0.25, 0.3) is 0 Å². The van der Waals surface area contributed by atoms with Crippen LogP contribution in [0.15, 0.2) is 11.3 Å². The highest BCUT2D eigenvalue weighted by molar-refractivity contribution is 5.20. The van der Waals surface area contributed by atoms with Gasteiger partial charge < -0.3 is 10.0 Å². The molecule has 250 valence electrons. The molecule has 1 heterocycles. The molecule has 2 bridgehead atoms. The summed E-state index contributed by atoms with van der Waals surface area (Å²) < 4.78 is 0. The van der Waals surface area contributed by atoms with E-state index in [0.29, 0.717) is 6.04 Å². The largest absolute Gasteiger partial charge is 0.371 e. The Balaban J connectivity index is 1.77. The fraction of sp³-hybridized carbons (Fsp3) is 0.951. The molecule has 0 aromatic carbocycles. The fourth-order valence-electron chi connectivity index (χ4n) is 10.2. The van der Waals surface area contributed by atoms with E-state index < -0.39 is 5.72 Å². The molecule has 3 aliphatic carbocycles. The molecule has 1 N–H and O–H groups in total. The van der Waals surface area contributed by atoms with E-state index in [-0.39, 0.29) is 0 Å². The first-order valence-corrected chi connectivity index (χ1v) is 20.3. The summed E-state index contributed by atoms with van der Waals surface area (Å²) >= 11 is 0. The van der Waals surface area contributed by atoms with Crippen molar-refractivity contribution in [1.29, 1.82) is 0 Å². The molecular formula is C41H75NO. The summed E-state index contributed by atoms with van der Waals surface area (Å²) in [5.41, 5.74) is 2.81. The molecule has 0 aromatic rings. The molecule has 0 saturated heterocycles. The van der Waals surface area contributed by atoms with E-state index in [2.05, 4.69) is 25.7 Å². The second kappa shape index (κ2) is 19.2. The molecule has 0 aromatic heterocycles. The normalized spacial score (nSPS) is 34.3. The van der Waals surface area contributed by atoms with E-state index in [1.807, 2.05) is 0 Å². The minimum absolute atomic E-state index is 0.542. The van der Waals surface area contributed by atoms with Crippen molar-refractivity contribution in [2.24, 2.45) is 23.7 Å². The molecule has 0 radical (unpaired) electrons. The van der Waals surface area contributed by atoms with Crippen LogP contribution in [0.5, 0.6) is 0 Å². The smallest absolute Gasteiger partial charge is 0.137 e. The lowest BCUT2D eigenvalue weighted by molar-refractivity contribution is -0.134. The third-order valence-electron chi connectivity index (χ3n) is 12.8. The van der Waals surface area contributed by atoms with E-state index in [1.165, 1.54) is 173 Å². The van der Waals surface area contributed by atoms with Gasteiger partial charge in [-0.15, -0.1) is 0 Å². The van der Waals surface area contributed by atoms with Gasteiger partial charge >= 0.3 is 0 Å². The van der Waals surface area contributed by atoms with Crippen LogP contribution >= 0.6 is 0 Å². The number of rotatable bonds is 7. The lowest BCUT2D eigenvalue weighted by Crippen LogP contribution is -2.56. The Morgan fingerprint density at radius 2 is 1.28 bits per heavy atom. The van der Waals surface area contributed by atoms with Crippen molar-refractivity contribution in [3.05, 3.63) is 11.3 Å². The fourth-order valence-corrected chi connectivity index (χ4v) is 10.2. The summed E-state index contributed by atoms with van der Waals surface area (Å²) in [5.74, 6) is 3.44. The Hall–Kier alpha value is -0.500. The molecule has 2 saturated carbocycles. The molecule has 4 rings (SSSR count). The second-order valence-corrected chi connectivity index (χ2v) is 16.1. The maximum Gasteiger partial charge on any atom is 0.137 e. The standard InChI is InChI=1S/C41H75NO/c1-4-7-31-41(43,6-3)42-39-26-18-14-10-13-17-23-37(39)24-19-25-38-33-34(20-5-2)27-28-35-21-15-11-8-9-12-16-22-36(32-35)29-30-40(38)42/h34-37,39,43H,4-33H2,1-3H3/b40-38+. The summed E-state index contributed by atoms with van der Waals surface area (Å²) in [4.78, 5) is 2.84. The van der Waals surface area contributed by atoms with Crippen LogP contribution in [0.3, 0.4) is 0 Å². The molecule has 1 aliphatic heterocycles. The number of hydrogen-bond acceptors (Lipinski definition) is 2. The predicted octanol–water partition coefficient (Wildman–Crippen LogP) is 12.9. The van der Waals surface area contributed by atoms with E-state index in [4.69, 9.17) is 0 Å². The molecule has 6 unspecified atom stereocenters. The quantitative estimate of drug-likeness (QED) is 0.315. The Morgan fingerprint density at radius 1 is 0.651 bits per heavy atom. The summed E-state index contributed by atoms with van der Waals surface area (Å²) in [6.07, 6.45) is 40.7. The average molecular weight is 598 g/mol. The highest BCUT2D eigenvalue weighted by Crippen LogP contribution is 2.46. The van der Waals surface area contributed by atoms with Gasteiger partial charge in [0.15, 0.2) is 0 Å². The highest BCUT2D eigenvalue weighted by atomic mass is 16.3. The number of aliphatic hydroxyl groups is 1. The van der Waals surface area contributed by atoms with E-state index in [9.17, 15) is 5.11 Å². The number of fused-ring (bicyclic) bond motifs is 3. The van der Waals surface area contributed by atoms with Crippen LogP contribution in [-0.4, -0.2) is 21.8 Å². The van der Waals surface area contributed by atoms with Gasteiger partial charge in [0.1, 0.15) is 5.72 Å². The highest BCUT2D eigenvalue weighted by Gasteiger charge is 2.43. The van der Waals surface area contributed by atoms with Crippen LogP contribution in [0.1, 0.15) is 213 Å². The molecule has 2 heteroatoms. The minimum atomic E-state index is -0.678. The van der Waals surface area contributed by atoms with Gasteiger partial charge in [-0.1, -0.05) is 135 Å². The van der Waals surface area contributed by atoms with Crippen molar-refractivity contribution in [2.45, 2.75) is 225 Å². The lowest BCUT2D eigenvalue weighted by Gasteiger charge is -2.52.